The summed E-state index contributed by atoms with van der Waals surface area (Å²) in [7, 11) is 0. The van der Waals surface area contributed by atoms with Crippen molar-refractivity contribution in [2.75, 3.05) is 0 Å². The molecule has 2 saturated carbocycles. The zero-order valence-corrected chi connectivity index (χ0v) is 20.4. The van der Waals surface area contributed by atoms with Crippen LogP contribution in [0.5, 0.6) is 0 Å². The number of benzene rings is 1. The van der Waals surface area contributed by atoms with Crippen LogP contribution in [0.15, 0.2) is 36.7 Å². The van der Waals surface area contributed by atoms with Gasteiger partial charge in [0.1, 0.15) is 0 Å². The van der Waals surface area contributed by atoms with E-state index in [1.807, 2.05) is 0 Å². The molecule has 2 N–H and O–H groups in total. The van der Waals surface area contributed by atoms with Gasteiger partial charge < -0.3 is 5.73 Å². The van der Waals surface area contributed by atoms with Crippen LogP contribution in [0.3, 0.4) is 0 Å². The van der Waals surface area contributed by atoms with Crippen molar-refractivity contribution in [1.29, 1.82) is 0 Å². The van der Waals surface area contributed by atoms with Gasteiger partial charge in [-0.15, -0.1) is 0 Å². The van der Waals surface area contributed by atoms with E-state index in [4.69, 9.17) is 5.73 Å². The average Bonchev–Trinajstić information content (AvgIpc) is 3.10. The quantitative estimate of drug-likeness (QED) is 0.467. The molecule has 29 heavy (non-hydrogen) atoms. The van der Waals surface area contributed by atoms with Gasteiger partial charge in [-0.3, -0.25) is 0 Å². The Labute approximate surface area is 188 Å². The van der Waals surface area contributed by atoms with E-state index in [0.29, 0.717) is 6.54 Å². The summed E-state index contributed by atoms with van der Waals surface area (Å²) < 4.78 is 6.45. The van der Waals surface area contributed by atoms with Gasteiger partial charge in [0.25, 0.3) is 0 Å². The van der Waals surface area contributed by atoms with Crippen molar-refractivity contribution in [3.05, 3.63) is 51.6 Å². The Bertz CT molecular complexity index is 722. The average molecular weight is 577 g/mol. The predicted molar refractivity (Wildman–Crippen MR) is 118 cm³/mol. The Morgan fingerprint density at radius 1 is 0.793 bits per heavy atom. The van der Waals surface area contributed by atoms with Crippen molar-refractivity contribution in [1.82, 2.24) is 9.13 Å². The van der Waals surface area contributed by atoms with Crippen molar-refractivity contribution < 1.29 is 19.4 Å². The molecule has 4 rings (SSSR count). The van der Waals surface area contributed by atoms with E-state index in [2.05, 4.69) is 72.1 Å². The van der Waals surface area contributed by atoms with Crippen LogP contribution in [-0.4, -0.2) is 9.13 Å². The minimum atomic E-state index is 0.639. The van der Waals surface area contributed by atoms with E-state index >= 15 is 0 Å². The molecule has 1 aromatic heterocycles. The Balaban J connectivity index is 0.000000224. The maximum absolute atomic E-state index is 5.40. The molecule has 1 heterocycles. The summed E-state index contributed by atoms with van der Waals surface area (Å²) in [6.45, 7) is 5.20. The molecule has 0 bridgehead atoms. The summed E-state index contributed by atoms with van der Waals surface area (Å²) in [5.74, 6) is 1.85. The normalized spacial score (nSPS) is 18.3. The van der Waals surface area contributed by atoms with Gasteiger partial charge in [-0.05, 0) is 12.5 Å². The predicted octanol–water partition coefficient (Wildman–Crippen LogP) is 5.98. The van der Waals surface area contributed by atoms with Gasteiger partial charge in [-0.25, -0.2) is 0 Å². The molecule has 0 amide bonds. The molecule has 0 atom stereocenters. The molecule has 0 saturated heterocycles. The first-order valence-corrected chi connectivity index (χ1v) is 12.8. The van der Waals surface area contributed by atoms with E-state index in [1.165, 1.54) is 92.2 Å². The molecule has 2 aliphatic rings. The van der Waals surface area contributed by atoms with Crippen LogP contribution in [0.25, 0.3) is 0 Å². The molecule has 4 heteroatoms. The zero-order valence-electron chi connectivity index (χ0n) is 18.1. The fourth-order valence-electron chi connectivity index (χ4n) is 4.72. The summed E-state index contributed by atoms with van der Waals surface area (Å²) in [5.41, 5.74) is 7.88. The van der Waals surface area contributed by atoms with Gasteiger partial charge in [-0.1, -0.05) is 29.8 Å². The molecule has 0 unspecified atom stereocenters. The van der Waals surface area contributed by atoms with Crippen LogP contribution in [0.4, 0.5) is 0 Å². The first-order valence-electron chi connectivity index (χ1n) is 11.6. The van der Waals surface area contributed by atoms with Crippen molar-refractivity contribution in [3.8, 4) is 0 Å². The molecule has 2 fully saturated rings. The van der Waals surface area contributed by atoms with Gasteiger partial charge in [0.05, 0.1) is 0 Å². The molecule has 2 aliphatic carbocycles. The van der Waals surface area contributed by atoms with E-state index in [9.17, 15) is 0 Å². The van der Waals surface area contributed by atoms with Crippen LogP contribution in [0.1, 0.15) is 75.3 Å². The molecule has 0 radical (unpaired) electrons. The van der Waals surface area contributed by atoms with Gasteiger partial charge in [0, 0.05) is 6.54 Å². The van der Waals surface area contributed by atoms with Gasteiger partial charge in [-0.2, -0.15) is 0 Å². The van der Waals surface area contributed by atoms with Crippen molar-refractivity contribution >= 4 is 0 Å². The standard InChI is InChI=1S/C17H28N2.C8H11N.Pt/c1-3-7-16(8-4-1)13-18-11-12-19(15-18)14-17-9-5-2-6-10-17;1-7-2-4-8(6-9)5-3-7;/h11-12,16-17H,1-10,13-14H2;2-5H,6,9H2,1H3;. The number of hydrogen-bond donors (Lipinski definition) is 1. The molecule has 3 nitrogen and oxygen atoms in total. The van der Waals surface area contributed by atoms with E-state index < -0.39 is 0 Å². The van der Waals surface area contributed by atoms with Crippen molar-refractivity contribution in [2.24, 2.45) is 17.6 Å². The second-order valence-corrected chi connectivity index (χ2v) is 10.1. The number of hydrogen-bond acceptors (Lipinski definition) is 1. The molecule has 1 aromatic carbocycles. The van der Waals surface area contributed by atoms with Crippen LogP contribution in [0.2, 0.25) is 0 Å². The third-order valence-corrected chi connectivity index (χ3v) is 7.89. The van der Waals surface area contributed by atoms with Crippen LogP contribution < -0.4 is 5.73 Å². The molecular weight excluding hydrogens is 537 g/mol. The van der Waals surface area contributed by atoms with Crippen LogP contribution in [-0.2, 0) is 39.0 Å². The van der Waals surface area contributed by atoms with E-state index in [-0.39, 0.29) is 0 Å². The second-order valence-electron chi connectivity index (χ2n) is 9.04. The number of imidazole rings is 1. The number of nitrogens with zero attached hydrogens (tertiary/aromatic N) is 2. The SMILES string of the molecule is Cc1ccc(CN)cc1.[Pt]=[c]1n(CC2CCCCC2)ccn1CC1CCCCC1. The van der Waals surface area contributed by atoms with Gasteiger partial charge >= 0.3 is 134 Å². The summed E-state index contributed by atoms with van der Waals surface area (Å²) in [4.78, 5) is 0. The van der Waals surface area contributed by atoms with Gasteiger partial charge in [0.2, 0.25) is 0 Å². The fourth-order valence-corrected chi connectivity index (χ4v) is 5.47. The summed E-state index contributed by atoms with van der Waals surface area (Å²) >= 11 is 2.54. The third-order valence-electron chi connectivity index (χ3n) is 6.58. The summed E-state index contributed by atoms with van der Waals surface area (Å²) in [6.07, 6.45) is 19.1. The number of nitrogens with two attached hydrogens (primary N) is 1. The first kappa shape index (κ1) is 22.8. The molecule has 0 aliphatic heterocycles. The number of aromatic nitrogens is 2. The topological polar surface area (TPSA) is 35.9 Å². The number of rotatable bonds is 5. The molecule has 0 spiro atoms. The molecular formula is C25H39N3Pt. The maximum atomic E-state index is 5.40. The van der Waals surface area contributed by atoms with Gasteiger partial charge in [0.15, 0.2) is 0 Å². The Morgan fingerprint density at radius 3 is 1.66 bits per heavy atom. The Morgan fingerprint density at radius 2 is 1.24 bits per heavy atom. The second kappa shape index (κ2) is 12.1. The minimum absolute atomic E-state index is 0.639. The third kappa shape index (κ3) is 7.37. The molecule has 164 valence electrons. The van der Waals surface area contributed by atoms with E-state index in [0.717, 1.165) is 11.8 Å². The van der Waals surface area contributed by atoms with Crippen LogP contribution >= 0.6 is 0 Å². The monoisotopic (exact) mass is 576 g/mol. The van der Waals surface area contributed by atoms with Crippen molar-refractivity contribution in [2.45, 2.75) is 90.8 Å². The van der Waals surface area contributed by atoms with E-state index in [1.54, 1.807) is 0 Å². The Hall–Kier alpha value is -0.922. The summed E-state index contributed by atoms with van der Waals surface area (Å²) in [6, 6.07) is 8.25. The molecule has 2 aromatic rings. The first-order chi connectivity index (χ1) is 14.2. The zero-order chi connectivity index (χ0) is 20.5. The Kier molecular flexibility index (Phi) is 9.46. The van der Waals surface area contributed by atoms with Crippen LogP contribution in [0, 0.1) is 22.6 Å². The fraction of sp³-hybridized carbons (Fsp3) is 0.640. The number of aryl methyl sites for hydroxylation is 1. The summed E-state index contributed by atoms with van der Waals surface area (Å²) in [5, 5.41) is 0. The van der Waals surface area contributed by atoms with Crippen molar-refractivity contribution in [3.63, 3.8) is 0 Å².